The van der Waals surface area contributed by atoms with Crippen LogP contribution in [0.3, 0.4) is 0 Å². The van der Waals surface area contributed by atoms with Crippen LogP contribution in [0.5, 0.6) is 0 Å². The van der Waals surface area contributed by atoms with E-state index in [0.717, 1.165) is 17.5 Å². The van der Waals surface area contributed by atoms with Gasteiger partial charge in [-0.2, -0.15) is 5.26 Å². The summed E-state index contributed by atoms with van der Waals surface area (Å²) >= 11 is 5.82. The van der Waals surface area contributed by atoms with Gasteiger partial charge in [0.2, 0.25) is 0 Å². The van der Waals surface area contributed by atoms with Crippen LogP contribution < -0.4 is 0 Å². The van der Waals surface area contributed by atoms with Gasteiger partial charge in [0.1, 0.15) is 10.0 Å². The Morgan fingerprint density at radius 3 is 3.09 bits per heavy atom. The van der Waals surface area contributed by atoms with E-state index in [1.807, 2.05) is 12.3 Å². The van der Waals surface area contributed by atoms with Gasteiger partial charge in [0, 0.05) is 17.5 Å². The first kappa shape index (κ1) is 8.24. The lowest BCUT2D eigenvalue weighted by Crippen LogP contribution is -1.88. The Hall–Kier alpha value is -0.860. The van der Waals surface area contributed by atoms with E-state index in [1.165, 1.54) is 0 Å². The lowest BCUT2D eigenvalue weighted by atomic mass is 10.5. The van der Waals surface area contributed by atoms with Crippen LogP contribution in [0.15, 0.2) is 11.2 Å². The fourth-order valence-corrected chi connectivity index (χ4v) is 1.41. The Bertz CT molecular complexity index is 350. The summed E-state index contributed by atoms with van der Waals surface area (Å²) in [6, 6.07) is 1.75. The van der Waals surface area contributed by atoms with E-state index in [9.17, 15) is 0 Å². The molecular formula is C6H5N3S2. The van der Waals surface area contributed by atoms with E-state index in [1.54, 1.807) is 6.07 Å². The van der Waals surface area contributed by atoms with Gasteiger partial charge >= 0.3 is 0 Å². The van der Waals surface area contributed by atoms with Crippen LogP contribution in [0.1, 0.15) is 5.69 Å². The number of nitrogens with zero attached hydrogens (tertiary/aromatic N) is 2. The highest BCUT2D eigenvalue weighted by atomic mass is 32.2. The number of nitrogens with one attached hydrogen (secondary N) is 1. The summed E-state index contributed by atoms with van der Waals surface area (Å²) in [6.45, 7) is 1.87. The van der Waals surface area contributed by atoms with Gasteiger partial charge in [0.25, 0.3) is 0 Å². The van der Waals surface area contributed by atoms with E-state index < -0.39 is 0 Å². The zero-order valence-corrected chi connectivity index (χ0v) is 7.42. The number of H-pyrrole nitrogens is 1. The summed E-state index contributed by atoms with van der Waals surface area (Å²) in [7, 11) is 0. The van der Waals surface area contributed by atoms with Crippen molar-refractivity contribution in [2.24, 2.45) is 0 Å². The predicted octanol–water partition coefficient (Wildman–Crippen LogP) is 2.02. The van der Waals surface area contributed by atoms with Crippen molar-refractivity contribution in [1.29, 1.82) is 5.26 Å². The molecule has 0 bridgehead atoms. The summed E-state index contributed by atoms with van der Waals surface area (Å²) in [5, 5.41) is 10.8. The molecular weight excluding hydrogens is 178 g/mol. The third-order valence-electron chi connectivity index (χ3n) is 0.998. The second-order valence-corrected chi connectivity index (χ2v) is 3.09. The third kappa shape index (κ3) is 2.33. The molecule has 0 spiro atoms. The van der Waals surface area contributed by atoms with Gasteiger partial charge in [-0.05, 0) is 13.0 Å². The van der Waals surface area contributed by atoms with Crippen molar-refractivity contribution in [2.75, 3.05) is 0 Å². The predicted molar refractivity (Wildman–Crippen MR) is 45.6 cm³/mol. The van der Waals surface area contributed by atoms with Gasteiger partial charge in [0.15, 0.2) is 5.16 Å². The quantitative estimate of drug-likeness (QED) is 0.313. The normalized spacial score (nSPS) is 9.09. The number of thioether (sulfide) groups is 1. The molecule has 0 aliphatic heterocycles. The minimum atomic E-state index is 0.513. The average Bonchev–Trinajstić information content (AvgIpc) is 1.85. The second-order valence-electron chi connectivity index (χ2n) is 1.90. The standard InChI is InChI=1S/C6H5N3S2/c1-4-2-5(10)9-6(8-4)11-3-7/h2H,1H3,(H,8,9,10). The second kappa shape index (κ2) is 3.51. The number of aromatic nitrogens is 2. The molecule has 0 aromatic carbocycles. The SMILES string of the molecule is Cc1cc(=S)nc(SC#N)[nH]1. The maximum absolute atomic E-state index is 8.32. The topological polar surface area (TPSA) is 52.5 Å². The van der Waals surface area contributed by atoms with Crippen LogP contribution in [-0.4, -0.2) is 9.97 Å². The molecule has 5 heteroatoms. The summed E-state index contributed by atoms with van der Waals surface area (Å²) in [5.74, 6) is 0. The third-order valence-corrected chi connectivity index (χ3v) is 1.69. The van der Waals surface area contributed by atoms with Gasteiger partial charge in [-0.25, -0.2) is 4.98 Å². The van der Waals surface area contributed by atoms with Crippen molar-refractivity contribution in [3.63, 3.8) is 0 Å². The first-order valence-corrected chi connectivity index (χ1v) is 4.09. The summed E-state index contributed by atoms with van der Waals surface area (Å²) in [6.07, 6.45) is 0. The maximum atomic E-state index is 8.32. The van der Waals surface area contributed by atoms with Crippen molar-refractivity contribution in [2.45, 2.75) is 12.1 Å². The Balaban J connectivity index is 3.11. The van der Waals surface area contributed by atoms with Gasteiger partial charge in [-0.1, -0.05) is 12.2 Å². The van der Waals surface area contributed by atoms with Crippen LogP contribution in [0, 0.1) is 22.2 Å². The van der Waals surface area contributed by atoms with Crippen molar-refractivity contribution < 1.29 is 0 Å². The number of hydrogen-bond acceptors (Lipinski definition) is 4. The lowest BCUT2D eigenvalue weighted by molar-refractivity contribution is 0.926. The van der Waals surface area contributed by atoms with Gasteiger partial charge in [-0.3, -0.25) is 0 Å². The van der Waals surface area contributed by atoms with Crippen molar-refractivity contribution in [3.05, 3.63) is 16.4 Å². The number of aryl methyl sites for hydroxylation is 1. The monoisotopic (exact) mass is 183 g/mol. The molecule has 0 radical (unpaired) electrons. The molecule has 0 unspecified atom stereocenters. The van der Waals surface area contributed by atoms with Gasteiger partial charge in [0.05, 0.1) is 0 Å². The average molecular weight is 183 g/mol. The van der Waals surface area contributed by atoms with Crippen LogP contribution in [-0.2, 0) is 0 Å². The Labute approximate surface area is 73.5 Å². The lowest BCUT2D eigenvalue weighted by Gasteiger charge is -1.94. The number of hydrogen-bond donors (Lipinski definition) is 1. The van der Waals surface area contributed by atoms with Crippen LogP contribution in [0.4, 0.5) is 0 Å². The highest BCUT2D eigenvalue weighted by Gasteiger charge is 1.94. The van der Waals surface area contributed by atoms with E-state index in [2.05, 4.69) is 9.97 Å². The van der Waals surface area contributed by atoms with E-state index in [-0.39, 0.29) is 0 Å². The fourth-order valence-electron chi connectivity index (χ4n) is 0.642. The molecule has 0 aliphatic carbocycles. The minimum absolute atomic E-state index is 0.513. The summed E-state index contributed by atoms with van der Waals surface area (Å²) in [5.41, 5.74) is 0.919. The number of nitriles is 1. The number of aromatic amines is 1. The van der Waals surface area contributed by atoms with Crippen molar-refractivity contribution >= 4 is 24.0 Å². The highest BCUT2D eigenvalue weighted by molar-refractivity contribution is 8.03. The minimum Gasteiger partial charge on any atom is -0.338 e. The number of thiocyanates is 1. The Morgan fingerprint density at radius 2 is 2.55 bits per heavy atom. The van der Waals surface area contributed by atoms with Crippen LogP contribution in [0.25, 0.3) is 0 Å². The molecule has 1 rings (SSSR count). The molecule has 0 saturated heterocycles. The van der Waals surface area contributed by atoms with Gasteiger partial charge in [-0.15, -0.1) is 0 Å². The highest BCUT2D eigenvalue weighted by Crippen LogP contribution is 2.09. The Morgan fingerprint density at radius 1 is 1.82 bits per heavy atom. The first-order chi connectivity index (χ1) is 5.22. The zero-order valence-electron chi connectivity index (χ0n) is 5.79. The van der Waals surface area contributed by atoms with Gasteiger partial charge < -0.3 is 4.98 Å². The molecule has 1 aromatic rings. The van der Waals surface area contributed by atoms with Crippen molar-refractivity contribution in [1.82, 2.24) is 9.97 Å². The fraction of sp³-hybridized carbons (Fsp3) is 0.167. The van der Waals surface area contributed by atoms with Crippen LogP contribution >= 0.6 is 24.0 Å². The van der Waals surface area contributed by atoms with Crippen LogP contribution in [0.2, 0.25) is 0 Å². The smallest absolute Gasteiger partial charge is 0.181 e. The largest absolute Gasteiger partial charge is 0.338 e. The maximum Gasteiger partial charge on any atom is 0.181 e. The molecule has 56 valence electrons. The van der Waals surface area contributed by atoms with E-state index >= 15 is 0 Å². The molecule has 0 saturated carbocycles. The van der Waals surface area contributed by atoms with E-state index in [4.69, 9.17) is 17.5 Å². The first-order valence-electron chi connectivity index (χ1n) is 2.86. The molecule has 0 aliphatic rings. The summed E-state index contributed by atoms with van der Waals surface area (Å²) in [4.78, 5) is 6.84. The summed E-state index contributed by atoms with van der Waals surface area (Å²) < 4.78 is 0.513. The van der Waals surface area contributed by atoms with E-state index in [0.29, 0.717) is 9.80 Å². The molecule has 1 aromatic heterocycles. The molecule has 1 heterocycles. The molecule has 11 heavy (non-hydrogen) atoms. The Kier molecular flexibility index (Phi) is 2.63. The van der Waals surface area contributed by atoms with Crippen molar-refractivity contribution in [3.8, 4) is 5.40 Å². The molecule has 0 fully saturated rings. The molecule has 0 atom stereocenters. The molecule has 3 nitrogen and oxygen atoms in total. The number of rotatable bonds is 1. The molecule has 0 amide bonds. The zero-order chi connectivity index (χ0) is 8.27. The molecule has 1 N–H and O–H groups in total.